The Morgan fingerprint density at radius 3 is 2.32 bits per heavy atom. The molecule has 3 fully saturated rings. The molecule has 1 aliphatic carbocycles. The molecule has 1 unspecified atom stereocenters. The lowest BCUT2D eigenvalue weighted by Crippen LogP contribution is -2.55. The normalized spacial score (nSPS) is 28.6. The van der Waals surface area contributed by atoms with Gasteiger partial charge in [-0.15, -0.1) is 0 Å². The Hall–Kier alpha value is -1.39. The number of nitrogens with zero attached hydrogens (tertiary/aromatic N) is 1. The Kier molecular flexibility index (Phi) is 5.09. The third-order valence-corrected chi connectivity index (χ3v) is 6.20. The van der Waals surface area contributed by atoms with E-state index in [0.717, 1.165) is 50.9 Å². The van der Waals surface area contributed by atoms with E-state index in [1.54, 1.807) is 0 Å². The van der Waals surface area contributed by atoms with Crippen LogP contribution in [0.4, 0.5) is 0 Å². The highest BCUT2D eigenvalue weighted by Gasteiger charge is 2.45. The molecule has 0 spiro atoms. The summed E-state index contributed by atoms with van der Waals surface area (Å²) < 4.78 is 6.26. The molecule has 1 aromatic carbocycles. The zero-order valence-corrected chi connectivity index (χ0v) is 15.1. The van der Waals surface area contributed by atoms with Gasteiger partial charge in [0.05, 0.1) is 12.2 Å². The Bertz CT molecular complexity index is 569. The molecule has 4 rings (SSSR count). The minimum atomic E-state index is -0.513. The van der Waals surface area contributed by atoms with E-state index in [1.807, 2.05) is 18.2 Å². The molecule has 25 heavy (non-hydrogen) atoms. The minimum absolute atomic E-state index is 0.260. The van der Waals surface area contributed by atoms with E-state index in [1.165, 1.54) is 25.7 Å². The molecule has 0 bridgehead atoms. The lowest BCUT2D eigenvalue weighted by atomic mass is 9.86. The summed E-state index contributed by atoms with van der Waals surface area (Å²) >= 11 is 0. The molecule has 4 heteroatoms. The van der Waals surface area contributed by atoms with Crippen molar-refractivity contribution in [3.05, 3.63) is 35.9 Å². The molecular weight excluding hydrogens is 312 g/mol. The van der Waals surface area contributed by atoms with Crippen molar-refractivity contribution < 1.29 is 9.53 Å². The highest BCUT2D eigenvalue weighted by Crippen LogP contribution is 2.34. The van der Waals surface area contributed by atoms with Gasteiger partial charge in [-0.1, -0.05) is 43.2 Å². The number of piperidine rings is 1. The van der Waals surface area contributed by atoms with Gasteiger partial charge in [0.15, 0.2) is 0 Å². The maximum atomic E-state index is 13.4. The summed E-state index contributed by atoms with van der Waals surface area (Å²) in [5, 5.41) is 3.53. The SMILES string of the molecule is O=C(N1CCC(OC2CCCC2)CC1)C1(c2ccccc2)CCCN1. The van der Waals surface area contributed by atoms with E-state index in [4.69, 9.17) is 4.74 Å². The van der Waals surface area contributed by atoms with Crippen LogP contribution >= 0.6 is 0 Å². The third-order valence-electron chi connectivity index (χ3n) is 6.20. The van der Waals surface area contributed by atoms with Gasteiger partial charge in [0.1, 0.15) is 5.54 Å². The first kappa shape index (κ1) is 17.0. The van der Waals surface area contributed by atoms with Crippen LogP contribution in [0.1, 0.15) is 56.9 Å². The summed E-state index contributed by atoms with van der Waals surface area (Å²) in [5.74, 6) is 0.260. The van der Waals surface area contributed by atoms with E-state index >= 15 is 0 Å². The quantitative estimate of drug-likeness (QED) is 0.913. The number of likely N-dealkylation sites (tertiary alicyclic amines) is 1. The second-order valence-corrected chi connectivity index (χ2v) is 7.84. The molecule has 1 saturated carbocycles. The predicted molar refractivity (Wildman–Crippen MR) is 98.3 cm³/mol. The second-order valence-electron chi connectivity index (χ2n) is 7.84. The Balaban J connectivity index is 1.40. The average molecular weight is 342 g/mol. The van der Waals surface area contributed by atoms with Crippen molar-refractivity contribution in [1.82, 2.24) is 10.2 Å². The van der Waals surface area contributed by atoms with Crippen LogP contribution in [0.3, 0.4) is 0 Å². The first-order valence-electron chi connectivity index (χ1n) is 10.0. The maximum absolute atomic E-state index is 13.4. The van der Waals surface area contributed by atoms with Crippen molar-refractivity contribution in [3.8, 4) is 0 Å². The summed E-state index contributed by atoms with van der Waals surface area (Å²) in [7, 11) is 0. The van der Waals surface area contributed by atoms with Crippen LogP contribution < -0.4 is 5.32 Å². The maximum Gasteiger partial charge on any atom is 0.247 e. The summed E-state index contributed by atoms with van der Waals surface area (Å²) in [6.45, 7) is 2.57. The van der Waals surface area contributed by atoms with Gasteiger partial charge < -0.3 is 9.64 Å². The lowest BCUT2D eigenvalue weighted by molar-refractivity contribution is -0.141. The number of carbonyl (C=O) groups is 1. The third kappa shape index (κ3) is 3.47. The lowest BCUT2D eigenvalue weighted by Gasteiger charge is -2.39. The predicted octanol–water partition coefficient (Wildman–Crippen LogP) is 3.22. The molecule has 4 nitrogen and oxygen atoms in total. The molecule has 1 aromatic rings. The fraction of sp³-hybridized carbons (Fsp3) is 0.667. The van der Waals surface area contributed by atoms with Crippen molar-refractivity contribution in [2.75, 3.05) is 19.6 Å². The molecular formula is C21H30N2O2. The van der Waals surface area contributed by atoms with Crippen LogP contribution in [-0.2, 0) is 15.1 Å². The number of ether oxygens (including phenoxy) is 1. The molecule has 2 heterocycles. The van der Waals surface area contributed by atoms with Crippen LogP contribution in [0.5, 0.6) is 0 Å². The van der Waals surface area contributed by atoms with Crippen molar-refractivity contribution in [2.45, 2.75) is 69.1 Å². The fourth-order valence-corrected chi connectivity index (χ4v) is 4.78. The van der Waals surface area contributed by atoms with Gasteiger partial charge in [0, 0.05) is 13.1 Å². The first-order valence-corrected chi connectivity index (χ1v) is 10.0. The van der Waals surface area contributed by atoms with Crippen molar-refractivity contribution in [2.24, 2.45) is 0 Å². The van der Waals surface area contributed by atoms with Gasteiger partial charge in [-0.3, -0.25) is 10.1 Å². The Morgan fingerprint density at radius 1 is 1.00 bits per heavy atom. The van der Waals surface area contributed by atoms with E-state index in [0.29, 0.717) is 12.2 Å². The van der Waals surface area contributed by atoms with Gasteiger partial charge in [0.2, 0.25) is 5.91 Å². The monoisotopic (exact) mass is 342 g/mol. The molecule has 2 aliphatic heterocycles. The van der Waals surface area contributed by atoms with Crippen LogP contribution in [0.15, 0.2) is 30.3 Å². The molecule has 1 N–H and O–H groups in total. The standard InChI is InChI=1S/C21H30N2O2/c24-20(21(13-6-14-22-21)17-7-2-1-3-8-17)23-15-11-19(12-16-23)25-18-9-4-5-10-18/h1-3,7-8,18-19,22H,4-6,9-16H2. The van der Waals surface area contributed by atoms with Crippen LogP contribution in [0.25, 0.3) is 0 Å². The number of amides is 1. The van der Waals surface area contributed by atoms with E-state index in [-0.39, 0.29) is 5.91 Å². The Morgan fingerprint density at radius 2 is 1.68 bits per heavy atom. The van der Waals surface area contributed by atoms with E-state index in [2.05, 4.69) is 22.3 Å². The van der Waals surface area contributed by atoms with Gasteiger partial charge in [-0.2, -0.15) is 0 Å². The van der Waals surface area contributed by atoms with Gasteiger partial charge in [-0.05, 0) is 50.6 Å². The summed E-state index contributed by atoms with van der Waals surface area (Å²) in [6, 6.07) is 10.3. The van der Waals surface area contributed by atoms with Crippen LogP contribution in [0.2, 0.25) is 0 Å². The molecule has 1 amide bonds. The molecule has 0 radical (unpaired) electrons. The van der Waals surface area contributed by atoms with Crippen molar-refractivity contribution in [3.63, 3.8) is 0 Å². The Labute approximate surface area is 150 Å². The van der Waals surface area contributed by atoms with E-state index < -0.39 is 5.54 Å². The fourth-order valence-electron chi connectivity index (χ4n) is 4.78. The number of nitrogens with one attached hydrogen (secondary N) is 1. The molecule has 3 aliphatic rings. The van der Waals surface area contributed by atoms with Crippen LogP contribution in [-0.4, -0.2) is 42.6 Å². The second kappa shape index (κ2) is 7.46. The first-order chi connectivity index (χ1) is 12.3. The van der Waals surface area contributed by atoms with Crippen molar-refractivity contribution >= 4 is 5.91 Å². The number of benzene rings is 1. The molecule has 1 atom stereocenters. The highest BCUT2D eigenvalue weighted by molar-refractivity contribution is 5.88. The number of carbonyl (C=O) groups excluding carboxylic acids is 1. The largest absolute Gasteiger partial charge is 0.375 e. The highest BCUT2D eigenvalue weighted by atomic mass is 16.5. The van der Waals surface area contributed by atoms with Crippen molar-refractivity contribution in [1.29, 1.82) is 0 Å². The topological polar surface area (TPSA) is 41.6 Å². The summed E-state index contributed by atoms with van der Waals surface area (Å²) in [4.78, 5) is 15.5. The van der Waals surface area contributed by atoms with Gasteiger partial charge >= 0.3 is 0 Å². The van der Waals surface area contributed by atoms with E-state index in [9.17, 15) is 4.79 Å². The molecule has 136 valence electrons. The van der Waals surface area contributed by atoms with Crippen LogP contribution in [0, 0.1) is 0 Å². The number of hydrogen-bond donors (Lipinski definition) is 1. The van der Waals surface area contributed by atoms with Gasteiger partial charge in [-0.25, -0.2) is 0 Å². The number of hydrogen-bond acceptors (Lipinski definition) is 3. The molecule has 2 saturated heterocycles. The zero-order valence-electron chi connectivity index (χ0n) is 15.1. The molecule has 0 aromatic heterocycles. The minimum Gasteiger partial charge on any atom is -0.375 e. The summed E-state index contributed by atoms with van der Waals surface area (Å²) in [6.07, 6.45) is 9.80. The van der Waals surface area contributed by atoms with Gasteiger partial charge in [0.25, 0.3) is 0 Å². The average Bonchev–Trinajstić information content (AvgIpc) is 3.35. The number of rotatable bonds is 4. The zero-order chi connectivity index (χ0) is 17.1. The summed E-state index contributed by atoms with van der Waals surface area (Å²) in [5.41, 5.74) is 0.599. The smallest absolute Gasteiger partial charge is 0.247 e.